The summed E-state index contributed by atoms with van der Waals surface area (Å²) in [5.41, 5.74) is 2.31. The van der Waals surface area contributed by atoms with Crippen molar-refractivity contribution in [3.8, 4) is 0 Å². The van der Waals surface area contributed by atoms with Crippen LogP contribution >= 0.6 is 0 Å². The van der Waals surface area contributed by atoms with E-state index in [-0.39, 0.29) is 6.04 Å². The third kappa shape index (κ3) is 4.20. The van der Waals surface area contributed by atoms with Crippen LogP contribution in [-0.2, 0) is 4.74 Å². The first-order valence-corrected chi connectivity index (χ1v) is 8.78. The Labute approximate surface area is 144 Å². The molecule has 4 heteroatoms. The van der Waals surface area contributed by atoms with E-state index in [1.807, 2.05) is 18.3 Å². The van der Waals surface area contributed by atoms with Crippen LogP contribution in [0.25, 0.3) is 0 Å². The van der Waals surface area contributed by atoms with Gasteiger partial charge in [0.2, 0.25) is 0 Å². The minimum Gasteiger partial charge on any atom is -0.379 e. The Kier molecular flexibility index (Phi) is 5.96. The summed E-state index contributed by atoms with van der Waals surface area (Å²) in [7, 11) is 0. The van der Waals surface area contributed by atoms with E-state index in [4.69, 9.17) is 4.74 Å². The minimum atomic E-state index is 0.117. The molecular formula is C20H27N3O. The quantitative estimate of drug-likeness (QED) is 0.886. The van der Waals surface area contributed by atoms with Crippen molar-refractivity contribution < 1.29 is 4.74 Å². The molecule has 0 saturated carbocycles. The van der Waals surface area contributed by atoms with Crippen molar-refractivity contribution in [2.45, 2.75) is 32.0 Å². The molecular weight excluding hydrogens is 298 g/mol. The molecule has 1 aromatic heterocycles. The standard InChI is InChI=1S/C20H27N3O/c1-16(23-12-13-24-15-17(23)2)14-22-20(18-8-4-3-5-9-18)19-10-6-7-11-21-19/h3-11,16-17,20,22H,12-15H2,1-2H3/t16-,17+,20+/m1/s1. The zero-order valence-corrected chi connectivity index (χ0v) is 14.6. The molecule has 0 radical (unpaired) electrons. The first kappa shape index (κ1) is 17.1. The molecule has 0 amide bonds. The third-order valence-corrected chi connectivity index (χ3v) is 4.72. The Hall–Kier alpha value is -1.75. The molecule has 1 N–H and O–H groups in total. The maximum Gasteiger partial charge on any atom is 0.0751 e. The van der Waals surface area contributed by atoms with Crippen LogP contribution in [0.15, 0.2) is 54.7 Å². The van der Waals surface area contributed by atoms with Gasteiger partial charge in [0.05, 0.1) is 24.9 Å². The van der Waals surface area contributed by atoms with Crippen molar-refractivity contribution in [1.82, 2.24) is 15.2 Å². The zero-order chi connectivity index (χ0) is 16.8. The topological polar surface area (TPSA) is 37.4 Å². The molecule has 0 bridgehead atoms. The zero-order valence-electron chi connectivity index (χ0n) is 14.6. The lowest BCUT2D eigenvalue weighted by atomic mass is 10.0. The third-order valence-electron chi connectivity index (χ3n) is 4.72. The van der Waals surface area contributed by atoms with Gasteiger partial charge in [0.1, 0.15) is 0 Å². The van der Waals surface area contributed by atoms with Gasteiger partial charge in [-0.3, -0.25) is 9.88 Å². The normalized spacial score (nSPS) is 21.3. The molecule has 0 unspecified atom stereocenters. The predicted octanol–water partition coefficient (Wildman–Crippen LogP) is 2.87. The Morgan fingerprint density at radius 1 is 1.21 bits per heavy atom. The molecule has 1 aliphatic rings. The van der Waals surface area contributed by atoms with Crippen molar-refractivity contribution in [3.05, 3.63) is 66.0 Å². The van der Waals surface area contributed by atoms with Crippen molar-refractivity contribution in [3.63, 3.8) is 0 Å². The second-order valence-corrected chi connectivity index (χ2v) is 6.52. The van der Waals surface area contributed by atoms with E-state index in [2.05, 4.69) is 65.4 Å². The number of pyridine rings is 1. The summed E-state index contributed by atoms with van der Waals surface area (Å²) in [5, 5.41) is 3.72. The number of hydrogen-bond donors (Lipinski definition) is 1. The molecule has 128 valence electrons. The van der Waals surface area contributed by atoms with Crippen molar-refractivity contribution in [1.29, 1.82) is 0 Å². The SMILES string of the molecule is C[C@H](CN[C@@H](c1ccccc1)c1ccccn1)N1CCOC[C@@H]1C. The van der Waals surface area contributed by atoms with E-state index in [0.29, 0.717) is 12.1 Å². The van der Waals surface area contributed by atoms with Gasteiger partial charge in [-0.25, -0.2) is 0 Å². The minimum absolute atomic E-state index is 0.117. The highest BCUT2D eigenvalue weighted by atomic mass is 16.5. The van der Waals surface area contributed by atoms with Crippen molar-refractivity contribution in [2.24, 2.45) is 0 Å². The van der Waals surface area contributed by atoms with Crippen molar-refractivity contribution >= 4 is 0 Å². The number of benzene rings is 1. The van der Waals surface area contributed by atoms with E-state index < -0.39 is 0 Å². The van der Waals surface area contributed by atoms with Gasteiger partial charge in [-0.1, -0.05) is 36.4 Å². The first-order valence-electron chi connectivity index (χ1n) is 8.78. The highest BCUT2D eigenvalue weighted by molar-refractivity contribution is 5.27. The Morgan fingerprint density at radius 3 is 2.71 bits per heavy atom. The number of nitrogens with zero attached hydrogens (tertiary/aromatic N) is 2. The first-order chi connectivity index (χ1) is 11.8. The van der Waals surface area contributed by atoms with Gasteiger partial charge in [-0.15, -0.1) is 0 Å². The second kappa shape index (κ2) is 8.38. The highest BCUT2D eigenvalue weighted by Crippen LogP contribution is 2.20. The monoisotopic (exact) mass is 325 g/mol. The molecule has 24 heavy (non-hydrogen) atoms. The van der Waals surface area contributed by atoms with Gasteiger partial charge in [-0.05, 0) is 31.5 Å². The number of aromatic nitrogens is 1. The molecule has 4 nitrogen and oxygen atoms in total. The molecule has 0 spiro atoms. The van der Waals surface area contributed by atoms with E-state index >= 15 is 0 Å². The van der Waals surface area contributed by atoms with E-state index in [1.54, 1.807) is 0 Å². The number of ether oxygens (including phenoxy) is 1. The van der Waals surface area contributed by atoms with E-state index in [9.17, 15) is 0 Å². The average Bonchev–Trinajstić information content (AvgIpc) is 2.64. The summed E-state index contributed by atoms with van der Waals surface area (Å²) in [6.45, 7) is 8.10. The van der Waals surface area contributed by atoms with Crippen LogP contribution in [0.4, 0.5) is 0 Å². The predicted molar refractivity (Wildman–Crippen MR) is 97.0 cm³/mol. The summed E-state index contributed by atoms with van der Waals surface area (Å²) in [6, 6.07) is 17.7. The fourth-order valence-electron chi connectivity index (χ4n) is 3.39. The maximum atomic E-state index is 5.55. The van der Waals surface area contributed by atoms with Crippen LogP contribution in [-0.4, -0.2) is 48.3 Å². The molecule has 2 heterocycles. The molecule has 3 rings (SSSR count). The molecule has 2 aromatic rings. The smallest absolute Gasteiger partial charge is 0.0751 e. The lowest BCUT2D eigenvalue weighted by Crippen LogP contribution is -2.51. The Morgan fingerprint density at radius 2 is 2.00 bits per heavy atom. The van der Waals surface area contributed by atoms with Gasteiger partial charge in [0.15, 0.2) is 0 Å². The van der Waals surface area contributed by atoms with Gasteiger partial charge < -0.3 is 10.1 Å². The number of hydrogen-bond acceptors (Lipinski definition) is 4. The fourth-order valence-corrected chi connectivity index (χ4v) is 3.39. The maximum absolute atomic E-state index is 5.55. The largest absolute Gasteiger partial charge is 0.379 e. The van der Waals surface area contributed by atoms with Gasteiger partial charge >= 0.3 is 0 Å². The summed E-state index contributed by atoms with van der Waals surface area (Å²) in [4.78, 5) is 7.09. The van der Waals surface area contributed by atoms with Gasteiger partial charge in [-0.2, -0.15) is 0 Å². The molecule has 1 saturated heterocycles. The van der Waals surface area contributed by atoms with E-state index in [1.165, 1.54) is 5.56 Å². The molecule has 1 aromatic carbocycles. The molecule has 1 aliphatic heterocycles. The van der Waals surface area contributed by atoms with Crippen LogP contribution in [0.2, 0.25) is 0 Å². The van der Waals surface area contributed by atoms with Crippen LogP contribution in [0.5, 0.6) is 0 Å². The lowest BCUT2D eigenvalue weighted by molar-refractivity contribution is -0.0183. The fraction of sp³-hybridized carbons (Fsp3) is 0.450. The van der Waals surface area contributed by atoms with E-state index in [0.717, 1.165) is 32.0 Å². The summed E-state index contributed by atoms with van der Waals surface area (Å²) in [5.74, 6) is 0. The van der Waals surface area contributed by atoms with Crippen molar-refractivity contribution in [2.75, 3.05) is 26.3 Å². The summed E-state index contributed by atoms with van der Waals surface area (Å²) >= 11 is 0. The van der Waals surface area contributed by atoms with Crippen LogP contribution in [0, 0.1) is 0 Å². The average molecular weight is 325 g/mol. The summed E-state index contributed by atoms with van der Waals surface area (Å²) in [6.07, 6.45) is 1.86. The molecule has 0 aliphatic carbocycles. The Bertz CT molecular complexity index is 565. The second-order valence-electron chi connectivity index (χ2n) is 6.52. The number of nitrogens with one attached hydrogen (secondary N) is 1. The summed E-state index contributed by atoms with van der Waals surface area (Å²) < 4.78 is 5.55. The van der Waals surface area contributed by atoms with Gasteiger partial charge in [0, 0.05) is 31.4 Å². The molecule has 3 atom stereocenters. The highest BCUT2D eigenvalue weighted by Gasteiger charge is 2.24. The number of rotatable bonds is 6. The number of morpholine rings is 1. The molecule has 1 fully saturated rings. The Balaban J connectivity index is 1.70. The van der Waals surface area contributed by atoms with Crippen LogP contribution < -0.4 is 5.32 Å². The lowest BCUT2D eigenvalue weighted by Gasteiger charge is -2.38. The van der Waals surface area contributed by atoms with Crippen LogP contribution in [0.1, 0.15) is 31.1 Å². The van der Waals surface area contributed by atoms with Crippen LogP contribution in [0.3, 0.4) is 0 Å². The van der Waals surface area contributed by atoms with Gasteiger partial charge in [0.25, 0.3) is 0 Å².